The molecular formula is C18H25N5O. The van der Waals surface area contributed by atoms with Gasteiger partial charge in [-0.2, -0.15) is 0 Å². The summed E-state index contributed by atoms with van der Waals surface area (Å²) >= 11 is 0. The van der Waals surface area contributed by atoms with Crippen LogP contribution >= 0.6 is 0 Å². The van der Waals surface area contributed by atoms with Crippen LogP contribution in [0.1, 0.15) is 44.1 Å². The Labute approximate surface area is 143 Å². The monoisotopic (exact) mass is 327 g/mol. The lowest BCUT2D eigenvalue weighted by Crippen LogP contribution is -2.36. The maximum Gasteiger partial charge on any atom is 0.235 e. The van der Waals surface area contributed by atoms with Crippen molar-refractivity contribution < 1.29 is 4.74 Å². The van der Waals surface area contributed by atoms with Crippen LogP contribution in [-0.4, -0.2) is 39.6 Å². The first-order valence-electron chi connectivity index (χ1n) is 8.61. The van der Waals surface area contributed by atoms with E-state index in [9.17, 15) is 0 Å². The molecule has 3 rings (SSSR count). The Balaban J connectivity index is 1.52. The number of piperidine rings is 1. The molecule has 0 radical (unpaired) electrons. The molecule has 6 heteroatoms. The van der Waals surface area contributed by atoms with E-state index in [1.807, 2.05) is 19.2 Å². The Morgan fingerprint density at radius 2 is 1.88 bits per heavy atom. The summed E-state index contributed by atoms with van der Waals surface area (Å²) in [6.07, 6.45) is 7.42. The summed E-state index contributed by atoms with van der Waals surface area (Å²) in [5.74, 6) is 3.51. The zero-order valence-electron chi connectivity index (χ0n) is 14.6. The van der Waals surface area contributed by atoms with E-state index in [2.05, 4.69) is 33.7 Å². The van der Waals surface area contributed by atoms with Crippen molar-refractivity contribution in [2.24, 2.45) is 5.92 Å². The van der Waals surface area contributed by atoms with E-state index in [-0.39, 0.29) is 0 Å². The largest absolute Gasteiger partial charge is 0.476 e. The SMILES string of the molecule is Cc1nccnc1OCC1CCN(c2ccnc(C(C)C)n2)CC1. The zero-order valence-corrected chi connectivity index (χ0v) is 14.6. The normalized spacial score (nSPS) is 15.8. The van der Waals surface area contributed by atoms with Crippen LogP contribution in [0.25, 0.3) is 0 Å². The Hall–Kier alpha value is -2.24. The van der Waals surface area contributed by atoms with Crippen LogP contribution in [0.2, 0.25) is 0 Å². The van der Waals surface area contributed by atoms with Gasteiger partial charge in [0.05, 0.1) is 12.3 Å². The van der Waals surface area contributed by atoms with Crippen molar-refractivity contribution in [3.63, 3.8) is 0 Å². The lowest BCUT2D eigenvalue weighted by molar-refractivity contribution is 0.214. The minimum Gasteiger partial charge on any atom is -0.476 e. The summed E-state index contributed by atoms with van der Waals surface area (Å²) in [4.78, 5) is 19.8. The van der Waals surface area contributed by atoms with Gasteiger partial charge >= 0.3 is 0 Å². The maximum absolute atomic E-state index is 5.85. The number of anilines is 1. The summed E-state index contributed by atoms with van der Waals surface area (Å²) in [5.41, 5.74) is 0.845. The molecule has 0 saturated carbocycles. The van der Waals surface area contributed by atoms with Crippen LogP contribution in [0.4, 0.5) is 5.82 Å². The van der Waals surface area contributed by atoms with Crippen molar-refractivity contribution in [2.75, 3.05) is 24.6 Å². The van der Waals surface area contributed by atoms with Crippen LogP contribution in [-0.2, 0) is 0 Å². The molecule has 2 aromatic heterocycles. The molecule has 6 nitrogen and oxygen atoms in total. The van der Waals surface area contributed by atoms with E-state index in [0.717, 1.165) is 43.3 Å². The first kappa shape index (κ1) is 16.6. The average molecular weight is 327 g/mol. The van der Waals surface area contributed by atoms with E-state index in [1.165, 1.54) is 0 Å². The molecule has 1 saturated heterocycles. The van der Waals surface area contributed by atoms with Crippen molar-refractivity contribution in [2.45, 2.75) is 39.5 Å². The van der Waals surface area contributed by atoms with E-state index < -0.39 is 0 Å². The van der Waals surface area contributed by atoms with Crippen molar-refractivity contribution in [3.05, 3.63) is 36.2 Å². The third-order valence-corrected chi connectivity index (χ3v) is 4.41. The molecule has 0 unspecified atom stereocenters. The maximum atomic E-state index is 5.85. The van der Waals surface area contributed by atoms with Gasteiger partial charge in [0, 0.05) is 37.6 Å². The third-order valence-electron chi connectivity index (χ3n) is 4.41. The Morgan fingerprint density at radius 3 is 2.58 bits per heavy atom. The van der Waals surface area contributed by atoms with Crippen molar-refractivity contribution in [3.8, 4) is 5.88 Å². The van der Waals surface area contributed by atoms with E-state index in [4.69, 9.17) is 9.72 Å². The average Bonchev–Trinajstić information content (AvgIpc) is 2.61. The summed E-state index contributed by atoms with van der Waals surface area (Å²) in [6.45, 7) is 8.87. The molecule has 0 aromatic carbocycles. The van der Waals surface area contributed by atoms with Crippen LogP contribution in [0.3, 0.4) is 0 Å². The Bertz CT molecular complexity index is 668. The Kier molecular flexibility index (Phi) is 5.23. The van der Waals surface area contributed by atoms with Crippen LogP contribution < -0.4 is 9.64 Å². The minimum absolute atomic E-state index is 0.353. The van der Waals surface area contributed by atoms with Crippen LogP contribution in [0.5, 0.6) is 5.88 Å². The summed E-state index contributed by atoms with van der Waals surface area (Å²) in [7, 11) is 0. The molecule has 0 aliphatic carbocycles. The van der Waals surface area contributed by atoms with Crippen molar-refractivity contribution in [1.29, 1.82) is 0 Å². The fourth-order valence-electron chi connectivity index (χ4n) is 2.88. The number of ether oxygens (including phenoxy) is 1. The van der Waals surface area contributed by atoms with E-state index in [1.54, 1.807) is 12.4 Å². The smallest absolute Gasteiger partial charge is 0.235 e. The highest BCUT2D eigenvalue weighted by Crippen LogP contribution is 2.23. The summed E-state index contributed by atoms with van der Waals surface area (Å²) in [6, 6.07) is 2.01. The lowest BCUT2D eigenvalue weighted by Gasteiger charge is -2.32. The summed E-state index contributed by atoms with van der Waals surface area (Å²) in [5, 5.41) is 0. The van der Waals surface area contributed by atoms with Crippen LogP contribution in [0.15, 0.2) is 24.7 Å². The second kappa shape index (κ2) is 7.55. The predicted molar refractivity (Wildman–Crippen MR) is 93.3 cm³/mol. The molecule has 1 fully saturated rings. The van der Waals surface area contributed by atoms with Gasteiger partial charge in [-0.3, -0.25) is 4.98 Å². The highest BCUT2D eigenvalue weighted by Gasteiger charge is 2.21. The van der Waals surface area contributed by atoms with E-state index in [0.29, 0.717) is 24.3 Å². The van der Waals surface area contributed by atoms with Gasteiger partial charge in [0.1, 0.15) is 11.6 Å². The fraction of sp³-hybridized carbons (Fsp3) is 0.556. The molecule has 0 amide bonds. The van der Waals surface area contributed by atoms with Crippen molar-refractivity contribution in [1.82, 2.24) is 19.9 Å². The number of nitrogens with zero attached hydrogens (tertiary/aromatic N) is 5. The number of hydrogen-bond acceptors (Lipinski definition) is 6. The number of rotatable bonds is 5. The quantitative estimate of drug-likeness (QED) is 0.841. The van der Waals surface area contributed by atoms with Gasteiger partial charge in [0.25, 0.3) is 0 Å². The van der Waals surface area contributed by atoms with Crippen LogP contribution in [0, 0.1) is 12.8 Å². The second-order valence-corrected chi connectivity index (χ2v) is 6.62. The first-order valence-corrected chi connectivity index (χ1v) is 8.61. The number of aryl methyl sites for hydroxylation is 1. The van der Waals surface area contributed by atoms with Gasteiger partial charge < -0.3 is 9.64 Å². The second-order valence-electron chi connectivity index (χ2n) is 6.62. The van der Waals surface area contributed by atoms with Gasteiger partial charge in [0.2, 0.25) is 5.88 Å². The highest BCUT2D eigenvalue weighted by atomic mass is 16.5. The molecule has 1 aliphatic rings. The first-order chi connectivity index (χ1) is 11.6. The molecule has 0 atom stereocenters. The standard InChI is InChI=1S/C18H25N5O/c1-13(2)17-20-7-4-16(22-17)23-10-5-15(6-11-23)12-24-18-14(3)19-8-9-21-18/h4,7-9,13,15H,5-6,10-12H2,1-3H3. The van der Waals surface area contributed by atoms with Gasteiger partial charge in [0.15, 0.2) is 0 Å². The highest BCUT2D eigenvalue weighted by molar-refractivity contribution is 5.38. The lowest BCUT2D eigenvalue weighted by atomic mass is 9.98. The van der Waals surface area contributed by atoms with Gasteiger partial charge in [-0.25, -0.2) is 15.0 Å². The zero-order chi connectivity index (χ0) is 16.9. The van der Waals surface area contributed by atoms with E-state index >= 15 is 0 Å². The number of hydrogen-bond donors (Lipinski definition) is 0. The van der Waals surface area contributed by atoms with Gasteiger partial charge in [-0.1, -0.05) is 13.8 Å². The summed E-state index contributed by atoms with van der Waals surface area (Å²) < 4.78 is 5.85. The molecule has 128 valence electrons. The molecular weight excluding hydrogens is 302 g/mol. The van der Waals surface area contributed by atoms with Gasteiger partial charge in [-0.15, -0.1) is 0 Å². The minimum atomic E-state index is 0.353. The topological polar surface area (TPSA) is 64.0 Å². The molecule has 0 bridgehead atoms. The number of aromatic nitrogens is 4. The molecule has 1 aliphatic heterocycles. The molecule has 3 heterocycles. The predicted octanol–water partition coefficient (Wildman–Crippen LogP) is 2.99. The molecule has 24 heavy (non-hydrogen) atoms. The molecule has 0 spiro atoms. The third kappa shape index (κ3) is 3.99. The molecule has 2 aromatic rings. The molecule has 0 N–H and O–H groups in total. The Morgan fingerprint density at radius 1 is 1.12 bits per heavy atom. The van der Waals surface area contributed by atoms with Crippen molar-refractivity contribution >= 4 is 5.82 Å². The fourth-order valence-corrected chi connectivity index (χ4v) is 2.88. The van der Waals surface area contributed by atoms with Gasteiger partial charge in [-0.05, 0) is 31.7 Å².